The molecule has 0 aliphatic carbocycles. The van der Waals surface area contributed by atoms with Crippen molar-refractivity contribution in [2.45, 2.75) is 13.0 Å². The van der Waals surface area contributed by atoms with E-state index in [1.165, 1.54) is 0 Å². The summed E-state index contributed by atoms with van der Waals surface area (Å²) >= 11 is 3.36. The van der Waals surface area contributed by atoms with Gasteiger partial charge >= 0.3 is 0 Å². The van der Waals surface area contributed by atoms with Crippen LogP contribution >= 0.6 is 15.9 Å². The zero-order chi connectivity index (χ0) is 13.7. The molecule has 0 spiro atoms. The predicted octanol–water partition coefficient (Wildman–Crippen LogP) is 3.86. The molecule has 0 unspecified atom stereocenters. The van der Waals surface area contributed by atoms with E-state index in [1.807, 2.05) is 54.6 Å². The van der Waals surface area contributed by atoms with Crippen molar-refractivity contribution < 1.29 is 9.53 Å². The molecule has 0 fully saturated rings. The van der Waals surface area contributed by atoms with Crippen LogP contribution in [0.4, 0.5) is 5.69 Å². The molecular formula is C15H14BrNO2. The molecule has 2 aromatic rings. The fourth-order valence-electron chi connectivity index (χ4n) is 1.57. The second kappa shape index (κ2) is 6.38. The molecule has 0 aliphatic rings. The van der Waals surface area contributed by atoms with Crippen molar-refractivity contribution in [2.24, 2.45) is 0 Å². The third-order valence-corrected chi connectivity index (χ3v) is 3.01. The molecule has 4 heteroatoms. The van der Waals surface area contributed by atoms with Crippen LogP contribution in [0.15, 0.2) is 59.1 Å². The Morgan fingerprint density at radius 3 is 2.58 bits per heavy atom. The molecule has 19 heavy (non-hydrogen) atoms. The number of anilines is 1. The average molecular weight is 320 g/mol. The van der Waals surface area contributed by atoms with Gasteiger partial charge < -0.3 is 10.1 Å². The highest BCUT2D eigenvalue weighted by Crippen LogP contribution is 2.16. The van der Waals surface area contributed by atoms with E-state index in [4.69, 9.17) is 4.74 Å². The lowest BCUT2D eigenvalue weighted by Gasteiger charge is -2.14. The van der Waals surface area contributed by atoms with E-state index in [0.29, 0.717) is 5.75 Å². The number of amides is 1. The van der Waals surface area contributed by atoms with E-state index in [2.05, 4.69) is 21.2 Å². The molecular weight excluding hydrogens is 306 g/mol. The van der Waals surface area contributed by atoms with Crippen LogP contribution in [0.25, 0.3) is 0 Å². The Kier molecular flexibility index (Phi) is 4.58. The molecule has 0 aliphatic heterocycles. The highest BCUT2D eigenvalue weighted by Gasteiger charge is 2.14. The average Bonchev–Trinajstić information content (AvgIpc) is 2.40. The van der Waals surface area contributed by atoms with Crippen molar-refractivity contribution in [3.8, 4) is 5.75 Å². The fourth-order valence-corrected chi connectivity index (χ4v) is 1.97. The van der Waals surface area contributed by atoms with E-state index in [0.717, 1.165) is 10.2 Å². The molecule has 0 saturated carbocycles. The second-order valence-electron chi connectivity index (χ2n) is 4.07. The van der Waals surface area contributed by atoms with Gasteiger partial charge in [0.2, 0.25) is 0 Å². The van der Waals surface area contributed by atoms with Crippen LogP contribution in [0, 0.1) is 0 Å². The summed E-state index contributed by atoms with van der Waals surface area (Å²) in [5.41, 5.74) is 0.739. The molecule has 1 amide bonds. The van der Waals surface area contributed by atoms with E-state index >= 15 is 0 Å². The summed E-state index contributed by atoms with van der Waals surface area (Å²) in [5.74, 6) is 0.501. The van der Waals surface area contributed by atoms with E-state index < -0.39 is 6.10 Å². The first kappa shape index (κ1) is 13.6. The Balaban J connectivity index is 1.96. The van der Waals surface area contributed by atoms with Crippen molar-refractivity contribution in [2.75, 3.05) is 5.32 Å². The van der Waals surface area contributed by atoms with Crippen LogP contribution in [-0.4, -0.2) is 12.0 Å². The van der Waals surface area contributed by atoms with Crippen LogP contribution in [0.1, 0.15) is 6.92 Å². The van der Waals surface area contributed by atoms with Crippen molar-refractivity contribution in [1.82, 2.24) is 0 Å². The third-order valence-electron chi connectivity index (χ3n) is 2.52. The predicted molar refractivity (Wildman–Crippen MR) is 79.3 cm³/mol. The number of halogens is 1. The third kappa shape index (κ3) is 4.10. The van der Waals surface area contributed by atoms with Crippen LogP contribution in [-0.2, 0) is 4.79 Å². The Bertz CT molecular complexity index is 557. The van der Waals surface area contributed by atoms with Gasteiger partial charge in [-0.25, -0.2) is 0 Å². The van der Waals surface area contributed by atoms with Crippen molar-refractivity contribution in [3.05, 3.63) is 59.1 Å². The highest BCUT2D eigenvalue weighted by molar-refractivity contribution is 9.10. The van der Waals surface area contributed by atoms with Crippen LogP contribution in [0.2, 0.25) is 0 Å². The Morgan fingerprint density at radius 2 is 1.89 bits per heavy atom. The lowest BCUT2D eigenvalue weighted by molar-refractivity contribution is -0.122. The smallest absolute Gasteiger partial charge is 0.265 e. The highest BCUT2D eigenvalue weighted by atomic mass is 79.9. The summed E-state index contributed by atoms with van der Waals surface area (Å²) in [6, 6.07) is 16.7. The van der Waals surface area contributed by atoms with E-state index in [1.54, 1.807) is 6.92 Å². The maximum atomic E-state index is 12.0. The zero-order valence-corrected chi connectivity index (χ0v) is 12.1. The zero-order valence-electron chi connectivity index (χ0n) is 10.5. The quantitative estimate of drug-likeness (QED) is 0.929. The molecule has 0 saturated heterocycles. The molecule has 0 heterocycles. The van der Waals surface area contributed by atoms with Crippen LogP contribution in [0.3, 0.4) is 0 Å². The number of hydrogen-bond donors (Lipinski definition) is 1. The molecule has 0 radical (unpaired) electrons. The van der Waals surface area contributed by atoms with Crippen LogP contribution < -0.4 is 10.1 Å². The Hall–Kier alpha value is -1.81. The summed E-state index contributed by atoms with van der Waals surface area (Å²) in [6.07, 6.45) is -0.554. The monoisotopic (exact) mass is 319 g/mol. The van der Waals surface area contributed by atoms with Gasteiger partial charge in [-0.3, -0.25) is 4.79 Å². The number of ether oxygens (including phenoxy) is 1. The summed E-state index contributed by atoms with van der Waals surface area (Å²) in [5, 5.41) is 2.81. The van der Waals surface area contributed by atoms with Gasteiger partial charge in [0.05, 0.1) is 0 Å². The summed E-state index contributed by atoms with van der Waals surface area (Å²) in [7, 11) is 0. The Labute approximate surface area is 120 Å². The number of rotatable bonds is 4. The van der Waals surface area contributed by atoms with Gasteiger partial charge in [-0.15, -0.1) is 0 Å². The van der Waals surface area contributed by atoms with Gasteiger partial charge in [0.1, 0.15) is 5.75 Å². The number of nitrogens with one attached hydrogen (secondary N) is 1. The lowest BCUT2D eigenvalue weighted by Crippen LogP contribution is -2.30. The minimum Gasteiger partial charge on any atom is -0.481 e. The van der Waals surface area contributed by atoms with Gasteiger partial charge in [0.25, 0.3) is 5.91 Å². The molecule has 2 rings (SSSR count). The molecule has 1 atom stereocenters. The van der Waals surface area contributed by atoms with E-state index in [-0.39, 0.29) is 5.91 Å². The summed E-state index contributed by atoms with van der Waals surface area (Å²) < 4.78 is 6.47. The van der Waals surface area contributed by atoms with Crippen molar-refractivity contribution in [1.29, 1.82) is 0 Å². The minimum absolute atomic E-state index is 0.179. The number of para-hydroxylation sites is 1. The fraction of sp³-hybridized carbons (Fsp3) is 0.133. The van der Waals surface area contributed by atoms with Gasteiger partial charge in [0.15, 0.2) is 6.10 Å². The number of benzene rings is 2. The SMILES string of the molecule is C[C@@H](Oc1ccccc1)C(=O)Nc1cccc(Br)c1. The molecule has 0 bridgehead atoms. The van der Waals surface area contributed by atoms with Gasteiger partial charge in [-0.1, -0.05) is 40.2 Å². The molecule has 2 aromatic carbocycles. The number of hydrogen-bond acceptors (Lipinski definition) is 2. The molecule has 1 N–H and O–H groups in total. The number of carbonyl (C=O) groups is 1. The van der Waals surface area contributed by atoms with Gasteiger partial charge in [0, 0.05) is 10.2 Å². The van der Waals surface area contributed by atoms with Gasteiger partial charge in [-0.05, 0) is 37.3 Å². The second-order valence-corrected chi connectivity index (χ2v) is 4.99. The topological polar surface area (TPSA) is 38.3 Å². The lowest BCUT2D eigenvalue weighted by atomic mass is 10.3. The summed E-state index contributed by atoms with van der Waals surface area (Å²) in [4.78, 5) is 12.0. The largest absolute Gasteiger partial charge is 0.481 e. The first-order valence-electron chi connectivity index (χ1n) is 5.93. The Morgan fingerprint density at radius 1 is 1.16 bits per heavy atom. The van der Waals surface area contributed by atoms with Crippen molar-refractivity contribution in [3.63, 3.8) is 0 Å². The molecule has 3 nitrogen and oxygen atoms in total. The number of carbonyl (C=O) groups excluding carboxylic acids is 1. The van der Waals surface area contributed by atoms with E-state index in [9.17, 15) is 4.79 Å². The van der Waals surface area contributed by atoms with Crippen molar-refractivity contribution >= 4 is 27.5 Å². The van der Waals surface area contributed by atoms with Gasteiger partial charge in [-0.2, -0.15) is 0 Å². The minimum atomic E-state index is -0.554. The molecule has 0 aromatic heterocycles. The summed E-state index contributed by atoms with van der Waals surface area (Å²) in [6.45, 7) is 1.72. The first-order valence-corrected chi connectivity index (χ1v) is 6.72. The standard InChI is InChI=1S/C15H14BrNO2/c1-11(19-14-8-3-2-4-9-14)15(18)17-13-7-5-6-12(16)10-13/h2-11H,1H3,(H,17,18)/t11-/m1/s1. The maximum Gasteiger partial charge on any atom is 0.265 e. The van der Waals surface area contributed by atoms with Crippen LogP contribution in [0.5, 0.6) is 5.75 Å². The maximum absolute atomic E-state index is 12.0. The normalized spacial score (nSPS) is 11.7. The first-order chi connectivity index (χ1) is 9.15. The molecule has 98 valence electrons.